The fourth-order valence-corrected chi connectivity index (χ4v) is 3.66. The van der Waals surface area contributed by atoms with E-state index in [0.29, 0.717) is 50.0 Å². The minimum Gasteiger partial charge on any atom is -0.363 e. The van der Waals surface area contributed by atoms with Gasteiger partial charge < -0.3 is 15.5 Å². The van der Waals surface area contributed by atoms with Crippen LogP contribution in [-0.4, -0.2) is 60.9 Å². The monoisotopic (exact) mass is 479 g/mol. The van der Waals surface area contributed by atoms with Crippen LogP contribution in [0.3, 0.4) is 0 Å². The van der Waals surface area contributed by atoms with Crippen LogP contribution in [0.4, 0.5) is 30.2 Å². The third-order valence-electron chi connectivity index (χ3n) is 5.33. The van der Waals surface area contributed by atoms with Crippen LogP contribution < -0.4 is 15.5 Å². The second-order valence-electron chi connectivity index (χ2n) is 7.71. The first-order valence-corrected chi connectivity index (χ1v) is 10.6. The molecule has 3 rings (SSSR count). The third kappa shape index (κ3) is 6.22. The lowest BCUT2D eigenvalue weighted by atomic mass is 10.1. The molecule has 0 aliphatic carbocycles. The number of anilines is 2. The first-order valence-electron chi connectivity index (χ1n) is 10.6. The molecule has 9 nitrogen and oxygen atoms in total. The molecule has 2 aromatic rings. The number of hydrogen-bond donors (Lipinski definition) is 2. The van der Waals surface area contributed by atoms with E-state index in [0.717, 1.165) is 12.1 Å². The molecule has 0 aromatic heterocycles. The first-order chi connectivity index (χ1) is 16.1. The smallest absolute Gasteiger partial charge is 0.363 e. The van der Waals surface area contributed by atoms with Gasteiger partial charge >= 0.3 is 6.18 Å². The fraction of sp³-hybridized carbons (Fsp3) is 0.364. The van der Waals surface area contributed by atoms with E-state index in [1.807, 2.05) is 4.90 Å². The summed E-state index contributed by atoms with van der Waals surface area (Å²) in [5, 5.41) is 16.8. The number of amides is 2. The highest BCUT2D eigenvalue weighted by Crippen LogP contribution is 2.36. The Morgan fingerprint density at radius 1 is 1.09 bits per heavy atom. The molecule has 2 amide bonds. The van der Waals surface area contributed by atoms with Crippen molar-refractivity contribution >= 4 is 28.9 Å². The van der Waals surface area contributed by atoms with Crippen molar-refractivity contribution in [2.75, 3.05) is 49.5 Å². The van der Waals surface area contributed by atoms with E-state index in [1.54, 1.807) is 36.1 Å². The zero-order valence-electron chi connectivity index (χ0n) is 18.4. The molecule has 12 heteroatoms. The molecule has 0 bridgehead atoms. The number of nitro benzene ring substituents is 1. The van der Waals surface area contributed by atoms with Crippen LogP contribution >= 0.6 is 0 Å². The van der Waals surface area contributed by atoms with Gasteiger partial charge in [0.2, 0.25) is 5.91 Å². The van der Waals surface area contributed by atoms with Crippen LogP contribution in [0.15, 0.2) is 42.5 Å². The molecule has 1 heterocycles. The second-order valence-corrected chi connectivity index (χ2v) is 7.71. The summed E-state index contributed by atoms with van der Waals surface area (Å²) in [7, 11) is 0. The predicted octanol–water partition coefficient (Wildman–Crippen LogP) is 3.12. The van der Waals surface area contributed by atoms with Crippen LogP contribution in [0, 0.1) is 10.1 Å². The van der Waals surface area contributed by atoms with Crippen LogP contribution in [-0.2, 0) is 11.0 Å². The number of halogens is 3. The topological polar surface area (TPSA) is 108 Å². The van der Waals surface area contributed by atoms with Gasteiger partial charge in [-0.3, -0.25) is 24.6 Å². The summed E-state index contributed by atoms with van der Waals surface area (Å²) in [4.78, 5) is 38.4. The van der Waals surface area contributed by atoms with Gasteiger partial charge in [-0.1, -0.05) is 6.07 Å². The molecule has 0 spiro atoms. The molecule has 0 unspecified atom stereocenters. The summed E-state index contributed by atoms with van der Waals surface area (Å²) in [5.41, 5.74) is -0.661. The van der Waals surface area contributed by atoms with E-state index in [4.69, 9.17) is 0 Å². The summed E-state index contributed by atoms with van der Waals surface area (Å²) in [6.45, 7) is 3.76. The van der Waals surface area contributed by atoms with Gasteiger partial charge in [0.15, 0.2) is 0 Å². The highest BCUT2D eigenvalue weighted by molar-refractivity contribution is 5.97. The summed E-state index contributed by atoms with van der Waals surface area (Å²) < 4.78 is 38.8. The number of nitro groups is 1. The Morgan fingerprint density at radius 2 is 1.79 bits per heavy atom. The molecule has 182 valence electrons. The average molecular weight is 479 g/mol. The van der Waals surface area contributed by atoms with E-state index < -0.39 is 22.4 Å². The maximum absolute atomic E-state index is 12.9. The highest BCUT2D eigenvalue weighted by atomic mass is 19.4. The number of hydrogen-bond acceptors (Lipinski definition) is 6. The minimum absolute atomic E-state index is 0.0638. The molecule has 0 atom stereocenters. The van der Waals surface area contributed by atoms with Gasteiger partial charge in [-0.2, -0.15) is 13.2 Å². The lowest BCUT2D eigenvalue weighted by Crippen LogP contribution is -2.48. The van der Waals surface area contributed by atoms with Gasteiger partial charge in [0, 0.05) is 50.0 Å². The van der Waals surface area contributed by atoms with Gasteiger partial charge in [0.25, 0.3) is 11.6 Å². The van der Waals surface area contributed by atoms with E-state index in [2.05, 4.69) is 10.6 Å². The largest absolute Gasteiger partial charge is 0.416 e. The molecule has 0 radical (unpaired) electrons. The lowest BCUT2D eigenvalue weighted by Gasteiger charge is -2.35. The Morgan fingerprint density at radius 3 is 2.41 bits per heavy atom. The number of nitrogens with zero attached hydrogens (tertiary/aromatic N) is 3. The van der Waals surface area contributed by atoms with Crippen molar-refractivity contribution in [2.24, 2.45) is 0 Å². The number of alkyl halides is 3. The highest BCUT2D eigenvalue weighted by Gasteiger charge is 2.34. The van der Waals surface area contributed by atoms with E-state index in [1.165, 1.54) is 0 Å². The van der Waals surface area contributed by atoms with Crippen LogP contribution in [0.1, 0.15) is 22.8 Å². The van der Waals surface area contributed by atoms with Crippen molar-refractivity contribution < 1.29 is 27.7 Å². The maximum atomic E-state index is 12.9. The molecule has 1 aliphatic rings. The van der Waals surface area contributed by atoms with Crippen molar-refractivity contribution in [3.05, 3.63) is 63.7 Å². The number of rotatable bonds is 7. The molecule has 2 N–H and O–H groups in total. The molecule has 1 fully saturated rings. The van der Waals surface area contributed by atoms with Gasteiger partial charge in [0.1, 0.15) is 5.69 Å². The van der Waals surface area contributed by atoms with E-state index in [9.17, 15) is 32.9 Å². The van der Waals surface area contributed by atoms with Crippen LogP contribution in [0.5, 0.6) is 0 Å². The molecular weight excluding hydrogens is 455 g/mol. The van der Waals surface area contributed by atoms with E-state index in [-0.39, 0.29) is 24.0 Å². The fourth-order valence-electron chi connectivity index (χ4n) is 3.66. The third-order valence-corrected chi connectivity index (χ3v) is 5.33. The zero-order chi connectivity index (χ0) is 24.9. The summed E-state index contributed by atoms with van der Waals surface area (Å²) in [6, 6.07) is 9.04. The van der Waals surface area contributed by atoms with Crippen molar-refractivity contribution in [1.82, 2.24) is 10.2 Å². The van der Waals surface area contributed by atoms with Crippen molar-refractivity contribution in [3.8, 4) is 0 Å². The minimum atomic E-state index is -4.67. The zero-order valence-corrected chi connectivity index (χ0v) is 18.4. The van der Waals surface area contributed by atoms with Gasteiger partial charge in [-0.15, -0.1) is 0 Å². The van der Waals surface area contributed by atoms with Gasteiger partial charge in [-0.05, 0) is 37.3 Å². The molecule has 1 saturated heterocycles. The lowest BCUT2D eigenvalue weighted by molar-refractivity contribution is -0.384. The Balaban J connectivity index is 1.58. The first kappa shape index (κ1) is 25.0. The van der Waals surface area contributed by atoms with Crippen molar-refractivity contribution in [1.29, 1.82) is 0 Å². The number of carbonyl (C=O) groups is 2. The van der Waals surface area contributed by atoms with Crippen molar-refractivity contribution in [2.45, 2.75) is 13.1 Å². The second kappa shape index (κ2) is 10.5. The predicted molar refractivity (Wildman–Crippen MR) is 120 cm³/mol. The molecule has 1 aliphatic heterocycles. The normalized spacial score (nSPS) is 14.5. The Bertz CT molecular complexity index is 1070. The SMILES string of the molecule is CCNC(=O)c1cccc(NC(=O)CN2CCN(c3ccc(C(F)(F)F)cc3[N+](=O)[O-])CC2)c1. The molecule has 34 heavy (non-hydrogen) atoms. The quantitative estimate of drug-likeness (QED) is 0.467. The number of carbonyl (C=O) groups excluding carboxylic acids is 2. The van der Waals surface area contributed by atoms with Crippen LogP contribution in [0.25, 0.3) is 0 Å². The van der Waals surface area contributed by atoms with Gasteiger partial charge in [-0.25, -0.2) is 0 Å². The van der Waals surface area contributed by atoms with Crippen molar-refractivity contribution in [3.63, 3.8) is 0 Å². The molecule has 2 aromatic carbocycles. The molecule has 0 saturated carbocycles. The summed E-state index contributed by atoms with van der Waals surface area (Å²) in [6.07, 6.45) is -4.67. The Labute approximate surface area is 193 Å². The number of nitrogens with one attached hydrogen (secondary N) is 2. The van der Waals surface area contributed by atoms with Crippen LogP contribution in [0.2, 0.25) is 0 Å². The summed E-state index contributed by atoms with van der Waals surface area (Å²) in [5.74, 6) is -0.533. The number of benzene rings is 2. The molecular formula is C22H24F3N5O4. The summed E-state index contributed by atoms with van der Waals surface area (Å²) >= 11 is 0. The van der Waals surface area contributed by atoms with E-state index >= 15 is 0 Å². The maximum Gasteiger partial charge on any atom is 0.416 e. The standard InChI is InChI=1S/C22H24F3N5O4/c1-2-26-21(32)15-4-3-5-17(12-15)27-20(31)14-28-8-10-29(11-9-28)18-7-6-16(22(23,24)25)13-19(18)30(33)34/h3-7,12-13H,2,8-11,14H2,1H3,(H,26,32)(H,27,31). The average Bonchev–Trinajstić information content (AvgIpc) is 2.79. The Kier molecular flexibility index (Phi) is 7.72. The Hall–Kier alpha value is -3.67. The number of piperazine rings is 1. The van der Waals surface area contributed by atoms with Gasteiger partial charge in [0.05, 0.1) is 17.0 Å².